The van der Waals surface area contributed by atoms with Gasteiger partial charge in [0.2, 0.25) is 5.91 Å². The lowest BCUT2D eigenvalue weighted by atomic mass is 9.98. The molecule has 0 aliphatic carbocycles. The predicted molar refractivity (Wildman–Crippen MR) is 102 cm³/mol. The van der Waals surface area contributed by atoms with Crippen molar-refractivity contribution in [2.75, 3.05) is 6.54 Å². The Kier molecular flexibility index (Phi) is 8.78. The van der Waals surface area contributed by atoms with Crippen molar-refractivity contribution in [1.82, 2.24) is 10.6 Å². The highest BCUT2D eigenvalue weighted by atomic mass is 16.6. The SMILES string of the molecule is CC[C@H](C)[C@H](NC(=O)OC(C)(C)C)C(=O)NCC(=O)OCc1ccccc1. The molecular formula is C20H30N2O5. The van der Waals surface area contributed by atoms with Gasteiger partial charge in [0.05, 0.1) is 0 Å². The van der Waals surface area contributed by atoms with Gasteiger partial charge in [-0.1, -0.05) is 50.6 Å². The number of nitrogens with one attached hydrogen (secondary N) is 2. The molecule has 2 amide bonds. The van der Waals surface area contributed by atoms with E-state index in [0.717, 1.165) is 5.56 Å². The lowest BCUT2D eigenvalue weighted by Gasteiger charge is -2.26. The molecule has 7 nitrogen and oxygen atoms in total. The van der Waals surface area contributed by atoms with Gasteiger partial charge in [0.1, 0.15) is 24.8 Å². The van der Waals surface area contributed by atoms with Crippen LogP contribution < -0.4 is 10.6 Å². The van der Waals surface area contributed by atoms with Gasteiger partial charge in [-0.25, -0.2) is 4.79 Å². The Labute approximate surface area is 160 Å². The van der Waals surface area contributed by atoms with Crippen LogP contribution in [0.15, 0.2) is 30.3 Å². The summed E-state index contributed by atoms with van der Waals surface area (Å²) in [7, 11) is 0. The molecule has 0 aliphatic rings. The summed E-state index contributed by atoms with van der Waals surface area (Å²) in [6, 6.07) is 8.46. The van der Waals surface area contributed by atoms with Crippen molar-refractivity contribution >= 4 is 18.0 Å². The number of hydrogen-bond donors (Lipinski definition) is 2. The fourth-order valence-electron chi connectivity index (χ4n) is 2.19. The third kappa shape index (κ3) is 9.08. The molecule has 0 aromatic heterocycles. The summed E-state index contributed by atoms with van der Waals surface area (Å²) in [6.45, 7) is 8.86. The van der Waals surface area contributed by atoms with Crippen LogP contribution in [0.1, 0.15) is 46.6 Å². The summed E-state index contributed by atoms with van der Waals surface area (Å²) in [5.41, 5.74) is 0.197. The number of alkyl carbamates (subject to hydrolysis) is 1. The molecule has 1 rings (SSSR count). The highest BCUT2D eigenvalue weighted by Gasteiger charge is 2.28. The van der Waals surface area contributed by atoms with E-state index in [1.165, 1.54) is 0 Å². The Morgan fingerprint density at radius 1 is 1.11 bits per heavy atom. The number of ether oxygens (including phenoxy) is 2. The first-order valence-corrected chi connectivity index (χ1v) is 9.09. The van der Waals surface area contributed by atoms with Crippen LogP contribution in [0.4, 0.5) is 4.79 Å². The fraction of sp³-hybridized carbons (Fsp3) is 0.550. The molecule has 0 aliphatic heterocycles. The number of carbonyl (C=O) groups excluding carboxylic acids is 3. The molecule has 0 spiro atoms. The van der Waals surface area contributed by atoms with Crippen molar-refractivity contribution in [3.05, 3.63) is 35.9 Å². The minimum absolute atomic E-state index is 0.127. The molecule has 2 atom stereocenters. The van der Waals surface area contributed by atoms with Crippen molar-refractivity contribution in [1.29, 1.82) is 0 Å². The maximum atomic E-state index is 12.4. The number of esters is 1. The number of benzene rings is 1. The third-order valence-electron chi connectivity index (χ3n) is 3.82. The summed E-state index contributed by atoms with van der Waals surface area (Å²) in [6.07, 6.45) is 0.00129. The summed E-state index contributed by atoms with van der Waals surface area (Å²) in [4.78, 5) is 36.3. The van der Waals surface area contributed by atoms with E-state index in [1.807, 2.05) is 44.2 Å². The molecule has 150 valence electrons. The Hall–Kier alpha value is -2.57. The van der Waals surface area contributed by atoms with E-state index in [9.17, 15) is 14.4 Å². The van der Waals surface area contributed by atoms with E-state index in [2.05, 4.69) is 10.6 Å². The van der Waals surface area contributed by atoms with Gasteiger partial charge in [-0.3, -0.25) is 9.59 Å². The summed E-state index contributed by atoms with van der Waals surface area (Å²) >= 11 is 0. The van der Waals surface area contributed by atoms with Crippen LogP contribution in [0, 0.1) is 5.92 Å². The van der Waals surface area contributed by atoms with Gasteiger partial charge in [-0.05, 0) is 32.3 Å². The highest BCUT2D eigenvalue weighted by molar-refractivity contribution is 5.88. The van der Waals surface area contributed by atoms with Crippen molar-refractivity contribution in [2.24, 2.45) is 5.92 Å². The zero-order valence-corrected chi connectivity index (χ0v) is 16.7. The van der Waals surface area contributed by atoms with Gasteiger partial charge in [-0.15, -0.1) is 0 Å². The largest absolute Gasteiger partial charge is 0.460 e. The first kappa shape index (κ1) is 22.5. The minimum Gasteiger partial charge on any atom is -0.460 e. The molecule has 0 fully saturated rings. The smallest absolute Gasteiger partial charge is 0.408 e. The normalized spacial score (nSPS) is 13.2. The molecule has 1 aromatic carbocycles. The second-order valence-electron chi connectivity index (χ2n) is 7.37. The van der Waals surface area contributed by atoms with Crippen LogP contribution in [-0.2, 0) is 25.7 Å². The molecule has 1 aromatic rings. The summed E-state index contributed by atoms with van der Waals surface area (Å²) < 4.78 is 10.3. The molecule has 0 bridgehead atoms. The summed E-state index contributed by atoms with van der Waals surface area (Å²) in [5.74, 6) is -1.13. The zero-order valence-electron chi connectivity index (χ0n) is 16.7. The minimum atomic E-state index is -0.799. The number of rotatable bonds is 8. The van der Waals surface area contributed by atoms with Crippen molar-refractivity contribution in [3.63, 3.8) is 0 Å². The van der Waals surface area contributed by atoms with Crippen LogP contribution in [-0.4, -0.2) is 36.2 Å². The number of hydrogen-bond acceptors (Lipinski definition) is 5. The lowest BCUT2D eigenvalue weighted by molar-refractivity contribution is -0.145. The number of amides is 2. The Balaban J connectivity index is 2.53. The molecule has 0 unspecified atom stereocenters. The van der Waals surface area contributed by atoms with Crippen LogP contribution >= 0.6 is 0 Å². The second-order valence-corrected chi connectivity index (χ2v) is 7.37. The van der Waals surface area contributed by atoms with Crippen molar-refractivity contribution < 1.29 is 23.9 Å². The third-order valence-corrected chi connectivity index (χ3v) is 3.82. The zero-order chi connectivity index (χ0) is 20.4. The lowest BCUT2D eigenvalue weighted by Crippen LogP contribution is -2.52. The van der Waals surface area contributed by atoms with E-state index in [-0.39, 0.29) is 19.1 Å². The first-order valence-electron chi connectivity index (χ1n) is 9.09. The van der Waals surface area contributed by atoms with E-state index in [0.29, 0.717) is 6.42 Å². The number of carbonyl (C=O) groups is 3. The van der Waals surface area contributed by atoms with Gasteiger partial charge in [0.25, 0.3) is 0 Å². The van der Waals surface area contributed by atoms with E-state index in [1.54, 1.807) is 20.8 Å². The van der Waals surface area contributed by atoms with E-state index < -0.39 is 29.6 Å². The van der Waals surface area contributed by atoms with Crippen LogP contribution in [0.3, 0.4) is 0 Å². The molecule has 0 saturated carbocycles. The summed E-state index contributed by atoms with van der Waals surface area (Å²) in [5, 5.41) is 5.10. The van der Waals surface area contributed by atoms with Crippen molar-refractivity contribution in [2.45, 2.75) is 59.3 Å². The molecule has 2 N–H and O–H groups in total. The van der Waals surface area contributed by atoms with Gasteiger partial charge in [0, 0.05) is 0 Å². The molecule has 7 heteroatoms. The topological polar surface area (TPSA) is 93.7 Å². The molecule has 27 heavy (non-hydrogen) atoms. The van der Waals surface area contributed by atoms with Gasteiger partial charge in [-0.2, -0.15) is 0 Å². The average Bonchev–Trinajstić information content (AvgIpc) is 2.61. The Morgan fingerprint density at radius 2 is 1.74 bits per heavy atom. The van der Waals surface area contributed by atoms with Crippen LogP contribution in [0.2, 0.25) is 0 Å². The molecule has 0 saturated heterocycles. The second kappa shape index (κ2) is 10.5. The quantitative estimate of drug-likeness (QED) is 0.679. The highest BCUT2D eigenvalue weighted by Crippen LogP contribution is 2.11. The van der Waals surface area contributed by atoms with Gasteiger partial charge < -0.3 is 20.1 Å². The molecule has 0 heterocycles. The Bertz CT molecular complexity index is 625. The van der Waals surface area contributed by atoms with E-state index >= 15 is 0 Å². The van der Waals surface area contributed by atoms with E-state index in [4.69, 9.17) is 9.47 Å². The average molecular weight is 378 g/mol. The maximum Gasteiger partial charge on any atom is 0.408 e. The standard InChI is InChI=1S/C20H30N2O5/c1-6-14(2)17(22-19(25)27-20(3,4)5)18(24)21-12-16(23)26-13-15-10-8-7-9-11-15/h7-11,14,17H,6,12-13H2,1-5H3,(H,21,24)(H,22,25)/t14-,17-/m0/s1. The molecular weight excluding hydrogens is 348 g/mol. The van der Waals surface area contributed by atoms with Gasteiger partial charge >= 0.3 is 12.1 Å². The first-order chi connectivity index (χ1) is 12.6. The maximum absolute atomic E-state index is 12.4. The fourth-order valence-corrected chi connectivity index (χ4v) is 2.19. The monoisotopic (exact) mass is 378 g/mol. The Morgan fingerprint density at radius 3 is 2.30 bits per heavy atom. The van der Waals surface area contributed by atoms with Crippen LogP contribution in [0.25, 0.3) is 0 Å². The van der Waals surface area contributed by atoms with Crippen LogP contribution in [0.5, 0.6) is 0 Å². The molecule has 0 radical (unpaired) electrons. The predicted octanol–water partition coefficient (Wildman–Crippen LogP) is 2.79. The van der Waals surface area contributed by atoms with Crippen molar-refractivity contribution in [3.8, 4) is 0 Å². The van der Waals surface area contributed by atoms with Gasteiger partial charge in [0.15, 0.2) is 0 Å².